The summed E-state index contributed by atoms with van der Waals surface area (Å²) < 4.78 is 40.6. The Kier molecular flexibility index (Phi) is 12.1. The minimum atomic E-state index is -3.75. The van der Waals surface area contributed by atoms with E-state index in [1.807, 2.05) is 24.0 Å². The van der Waals surface area contributed by atoms with Gasteiger partial charge >= 0.3 is 0 Å². The maximum Gasteiger partial charge on any atom is 0.286 e. The van der Waals surface area contributed by atoms with E-state index in [-0.39, 0.29) is 52.8 Å². The number of aliphatic hydroxyl groups is 1. The van der Waals surface area contributed by atoms with Crippen LogP contribution < -0.4 is 19.1 Å². The number of hydrogen-bond acceptors (Lipinski definition) is 11. The number of amides is 3. The molecule has 15 nitrogen and oxygen atoms in total. The first-order valence-electron chi connectivity index (χ1n) is 22.2. The smallest absolute Gasteiger partial charge is 0.286 e. The van der Waals surface area contributed by atoms with Crippen LogP contribution in [0.25, 0.3) is 0 Å². The number of carbonyl (C=O) groups is 3. The van der Waals surface area contributed by atoms with Gasteiger partial charge in [0.1, 0.15) is 21.2 Å². The van der Waals surface area contributed by atoms with Gasteiger partial charge in [-0.15, -0.1) is 9.46 Å². The lowest BCUT2D eigenvalue weighted by atomic mass is 9.63. The minimum absolute atomic E-state index is 0.0204. The molecule has 2 aromatic carbocycles. The van der Waals surface area contributed by atoms with Gasteiger partial charge in [0, 0.05) is 68.5 Å². The highest BCUT2D eigenvalue weighted by Gasteiger charge is 2.49. The summed E-state index contributed by atoms with van der Waals surface area (Å²) in [5, 5.41) is 17.7. The summed E-state index contributed by atoms with van der Waals surface area (Å²) >= 11 is 6.52. The predicted molar refractivity (Wildman–Crippen MR) is 239 cm³/mol. The van der Waals surface area contributed by atoms with E-state index in [1.165, 1.54) is 29.1 Å². The van der Waals surface area contributed by atoms with Crippen molar-refractivity contribution >= 4 is 44.9 Å². The lowest BCUT2D eigenvalue weighted by molar-refractivity contribution is -0.143. The molecule has 3 aromatic rings. The molecule has 6 atom stereocenters. The lowest BCUT2D eigenvalue weighted by Crippen LogP contribution is -2.58. The molecule has 338 valence electrons. The van der Waals surface area contributed by atoms with Gasteiger partial charge < -0.3 is 29.1 Å². The zero-order valence-corrected chi connectivity index (χ0v) is 37.9. The van der Waals surface area contributed by atoms with Gasteiger partial charge in [-0.05, 0) is 97.7 Å². The van der Waals surface area contributed by atoms with E-state index in [4.69, 9.17) is 25.8 Å². The number of piperazine rings is 1. The average molecular weight is 905 g/mol. The van der Waals surface area contributed by atoms with Gasteiger partial charge in [-0.1, -0.05) is 36.7 Å². The molecule has 5 heterocycles. The Balaban J connectivity index is 1.09. The molecular formula is C46H58ClN7O8S. The number of rotatable bonds is 6. The molecule has 6 aliphatic rings. The molecule has 1 aromatic heterocycles. The third kappa shape index (κ3) is 8.85. The van der Waals surface area contributed by atoms with Crippen molar-refractivity contribution in [3.05, 3.63) is 82.0 Å². The first-order chi connectivity index (χ1) is 30.2. The van der Waals surface area contributed by atoms with E-state index in [2.05, 4.69) is 36.1 Å². The normalized spacial score (nSPS) is 30.7. The number of carbonyl (C=O) groups excluding carboxylic acids is 3. The van der Waals surface area contributed by atoms with Crippen LogP contribution in [0.1, 0.15) is 77.3 Å². The molecule has 63 heavy (non-hydrogen) atoms. The van der Waals surface area contributed by atoms with Crippen molar-refractivity contribution in [1.29, 1.82) is 0 Å². The Bertz CT molecular complexity index is 2420. The molecule has 2 bridgehead atoms. The molecule has 3 amide bonds. The van der Waals surface area contributed by atoms with Crippen LogP contribution in [0.4, 0.5) is 5.69 Å². The summed E-state index contributed by atoms with van der Waals surface area (Å²) in [6.45, 7) is 7.56. The number of benzene rings is 2. The number of anilines is 1. The van der Waals surface area contributed by atoms with Gasteiger partial charge in [0.15, 0.2) is 0 Å². The number of allylic oxidation sites excluding steroid dienone is 1. The summed E-state index contributed by atoms with van der Waals surface area (Å²) in [4.78, 5) is 48.7. The number of nitrogens with one attached hydrogen (secondary N) is 1. The number of halogens is 1. The number of ether oxygens (including phenoxy) is 3. The monoisotopic (exact) mass is 903 g/mol. The Morgan fingerprint density at radius 3 is 2.65 bits per heavy atom. The highest BCUT2D eigenvalue weighted by Crippen LogP contribution is 2.49. The van der Waals surface area contributed by atoms with Crippen LogP contribution >= 0.6 is 11.6 Å². The summed E-state index contributed by atoms with van der Waals surface area (Å²) in [5.74, 6) is -1.65. The molecule has 2 saturated heterocycles. The van der Waals surface area contributed by atoms with Crippen molar-refractivity contribution in [3.63, 3.8) is 0 Å². The SMILES string of the molecule is COc1nn(C)cc1C(=O)NS1(=O)=NC(=O)c2ccc3c(c2)N(C[C@@H]2CC[C@H]2[C@@](O)(CC(=O)N2CCN(C4COC4)CC2)/C=C/C[C@H](C)C1)C[C@@]1(CCCc2cc(Cl)ccc21)CO3. The third-order valence-corrected chi connectivity index (χ3v) is 16.4. The number of nitrogens with zero attached hydrogens (tertiary/aromatic N) is 6. The molecule has 1 saturated carbocycles. The number of fused-ring (bicyclic) bond motifs is 4. The van der Waals surface area contributed by atoms with Crippen LogP contribution in [-0.4, -0.2) is 130 Å². The second-order valence-corrected chi connectivity index (χ2v) is 21.0. The maximum absolute atomic E-state index is 14.9. The summed E-state index contributed by atoms with van der Waals surface area (Å²) in [6, 6.07) is 11.7. The number of aryl methyl sites for hydroxylation is 2. The minimum Gasteiger partial charge on any atom is -0.490 e. The van der Waals surface area contributed by atoms with Crippen molar-refractivity contribution in [1.82, 2.24) is 24.3 Å². The summed E-state index contributed by atoms with van der Waals surface area (Å²) in [6.07, 6.45) is 9.73. The molecule has 0 radical (unpaired) electrons. The van der Waals surface area contributed by atoms with E-state index >= 15 is 0 Å². The molecule has 4 aliphatic heterocycles. The highest BCUT2D eigenvalue weighted by molar-refractivity contribution is 7.92. The van der Waals surface area contributed by atoms with Gasteiger partial charge in [0.25, 0.3) is 11.8 Å². The van der Waals surface area contributed by atoms with E-state index in [0.717, 1.165) is 58.4 Å². The first kappa shape index (κ1) is 43.8. The van der Waals surface area contributed by atoms with Crippen LogP contribution in [-0.2, 0) is 38.3 Å². The Labute approximate surface area is 374 Å². The van der Waals surface area contributed by atoms with Crippen LogP contribution in [0.2, 0.25) is 5.02 Å². The quantitative estimate of drug-likeness (QED) is 0.327. The second-order valence-electron chi connectivity index (χ2n) is 18.6. The van der Waals surface area contributed by atoms with Gasteiger partial charge in [-0.3, -0.25) is 28.7 Å². The van der Waals surface area contributed by atoms with Crippen LogP contribution in [0, 0.1) is 17.8 Å². The Hall–Kier alpha value is -4.48. The Morgan fingerprint density at radius 2 is 1.92 bits per heavy atom. The van der Waals surface area contributed by atoms with E-state index in [9.17, 15) is 23.7 Å². The molecule has 1 spiro atoms. The van der Waals surface area contributed by atoms with Crippen LogP contribution in [0.15, 0.2) is 59.1 Å². The number of hydrogen-bond donors (Lipinski definition) is 2. The van der Waals surface area contributed by atoms with E-state index in [0.29, 0.717) is 61.7 Å². The predicted octanol–water partition coefficient (Wildman–Crippen LogP) is 4.79. The van der Waals surface area contributed by atoms with Gasteiger partial charge in [-0.2, -0.15) is 0 Å². The van der Waals surface area contributed by atoms with Gasteiger partial charge in [-0.25, -0.2) is 4.21 Å². The van der Waals surface area contributed by atoms with Crippen molar-refractivity contribution in [2.45, 2.75) is 68.9 Å². The van der Waals surface area contributed by atoms with Gasteiger partial charge in [0.2, 0.25) is 11.8 Å². The second kappa shape index (κ2) is 17.5. The molecule has 1 unspecified atom stereocenters. The van der Waals surface area contributed by atoms with E-state index < -0.39 is 32.7 Å². The molecule has 17 heteroatoms. The van der Waals surface area contributed by atoms with Crippen molar-refractivity contribution in [2.24, 2.45) is 29.2 Å². The summed E-state index contributed by atoms with van der Waals surface area (Å²) in [5.41, 5.74) is 1.48. The molecule has 9 rings (SSSR count). The van der Waals surface area contributed by atoms with Gasteiger partial charge in [0.05, 0.1) is 56.4 Å². The van der Waals surface area contributed by atoms with Crippen molar-refractivity contribution in [2.75, 3.05) is 76.9 Å². The molecule has 2 aliphatic carbocycles. The lowest BCUT2D eigenvalue weighted by Gasteiger charge is -2.49. The number of methoxy groups -OCH3 is 1. The average Bonchev–Trinajstić information content (AvgIpc) is 3.53. The Morgan fingerprint density at radius 1 is 1.11 bits per heavy atom. The topological polar surface area (TPSA) is 168 Å². The van der Waals surface area contributed by atoms with Crippen molar-refractivity contribution in [3.8, 4) is 11.6 Å². The van der Waals surface area contributed by atoms with E-state index in [1.54, 1.807) is 31.3 Å². The fourth-order valence-electron chi connectivity index (χ4n) is 10.6. The fourth-order valence-corrected chi connectivity index (χ4v) is 12.7. The van der Waals surface area contributed by atoms with Crippen LogP contribution in [0.3, 0.4) is 0 Å². The van der Waals surface area contributed by atoms with Crippen molar-refractivity contribution < 1.29 is 37.9 Å². The molecular weight excluding hydrogens is 846 g/mol. The fraction of sp³-hybridized carbons (Fsp3) is 0.565. The third-order valence-electron chi connectivity index (χ3n) is 14.2. The standard InChI is InChI=1S/C46H58ClN7O8S/c1-30-6-4-15-46(58,22-41(55)53-18-16-52(17-19-53)35-25-61-26-35)38-11-8-33(38)23-54-28-45(14-5-7-31-20-34(47)10-12-37(31)45)29-62-40-13-9-32(21-39(40)54)42(56)49-63(59,27-30)50-43(57)36-24-51(2)48-44(36)60-3/h4,9-10,12-13,15,20-21,24,30,33,35,38,58H,5-8,11,14,16-19,22-23,25-29H2,1-3H3,(H,49,50,56,57,59)/b15-4+/t30-,33-,38+,45-,46-,63?/m0/s1. The highest BCUT2D eigenvalue weighted by atomic mass is 35.5. The maximum atomic E-state index is 14.9. The first-order valence-corrected chi connectivity index (χ1v) is 24.3. The molecule has 3 fully saturated rings. The largest absolute Gasteiger partial charge is 0.490 e. The zero-order chi connectivity index (χ0) is 44.1. The molecule has 2 N–H and O–H groups in total. The zero-order valence-electron chi connectivity index (χ0n) is 36.3. The van der Waals surface area contributed by atoms with Crippen LogP contribution in [0.5, 0.6) is 11.6 Å². The summed E-state index contributed by atoms with van der Waals surface area (Å²) in [7, 11) is -0.729. The number of aromatic nitrogens is 2.